The molecular weight excluding hydrogens is 202 g/mol. The fourth-order valence-corrected chi connectivity index (χ4v) is 1.86. The third-order valence-electron chi connectivity index (χ3n) is 2.88. The van der Waals surface area contributed by atoms with E-state index < -0.39 is 0 Å². The zero-order valence-electron chi connectivity index (χ0n) is 9.82. The predicted octanol–water partition coefficient (Wildman–Crippen LogP) is -0.107. The monoisotopic (exact) mass is 223 g/mol. The Hall–Kier alpha value is -1.05. The first-order valence-corrected chi connectivity index (χ1v) is 5.91. The summed E-state index contributed by atoms with van der Waals surface area (Å²) < 4.78 is 0. The second-order valence-electron chi connectivity index (χ2n) is 4.11. The SMILES string of the molecule is C#CCN1CCN(C(=O)CCCCN)CC1. The van der Waals surface area contributed by atoms with E-state index >= 15 is 0 Å². The lowest BCUT2D eigenvalue weighted by atomic mass is 10.2. The smallest absolute Gasteiger partial charge is 0.222 e. The van der Waals surface area contributed by atoms with Crippen molar-refractivity contribution >= 4 is 5.91 Å². The summed E-state index contributed by atoms with van der Waals surface area (Å²) >= 11 is 0. The van der Waals surface area contributed by atoms with Crippen LogP contribution in [0.25, 0.3) is 0 Å². The van der Waals surface area contributed by atoms with Crippen LogP contribution < -0.4 is 5.73 Å². The van der Waals surface area contributed by atoms with Gasteiger partial charge in [-0.3, -0.25) is 9.69 Å². The van der Waals surface area contributed by atoms with Gasteiger partial charge in [-0.05, 0) is 19.4 Å². The summed E-state index contributed by atoms with van der Waals surface area (Å²) in [6.07, 6.45) is 7.72. The zero-order chi connectivity index (χ0) is 11.8. The highest BCUT2D eigenvalue weighted by atomic mass is 16.2. The minimum Gasteiger partial charge on any atom is -0.340 e. The van der Waals surface area contributed by atoms with E-state index in [1.165, 1.54) is 0 Å². The number of nitrogens with zero attached hydrogens (tertiary/aromatic N) is 2. The van der Waals surface area contributed by atoms with E-state index in [0.717, 1.165) is 39.0 Å². The molecule has 1 amide bonds. The standard InChI is InChI=1S/C12H21N3O/c1-2-7-14-8-10-15(11-9-14)12(16)5-3-4-6-13/h1H,3-11,13H2. The molecule has 1 heterocycles. The van der Waals surface area contributed by atoms with E-state index in [2.05, 4.69) is 10.8 Å². The molecule has 2 N–H and O–H groups in total. The van der Waals surface area contributed by atoms with Gasteiger partial charge in [-0.1, -0.05) is 5.92 Å². The third kappa shape index (κ3) is 4.21. The van der Waals surface area contributed by atoms with E-state index in [4.69, 9.17) is 12.2 Å². The average molecular weight is 223 g/mol. The van der Waals surface area contributed by atoms with Crippen molar-refractivity contribution in [3.63, 3.8) is 0 Å². The van der Waals surface area contributed by atoms with Crippen LogP contribution in [-0.4, -0.2) is 55.0 Å². The molecule has 90 valence electrons. The topological polar surface area (TPSA) is 49.6 Å². The zero-order valence-corrected chi connectivity index (χ0v) is 9.82. The molecule has 0 bridgehead atoms. The summed E-state index contributed by atoms with van der Waals surface area (Å²) in [7, 11) is 0. The molecule has 4 nitrogen and oxygen atoms in total. The Morgan fingerprint density at radius 1 is 1.25 bits per heavy atom. The second-order valence-corrected chi connectivity index (χ2v) is 4.11. The number of rotatable bonds is 5. The number of unbranched alkanes of at least 4 members (excludes halogenated alkanes) is 1. The minimum atomic E-state index is 0.258. The van der Waals surface area contributed by atoms with Crippen molar-refractivity contribution in [2.45, 2.75) is 19.3 Å². The van der Waals surface area contributed by atoms with Crippen LogP contribution in [0.2, 0.25) is 0 Å². The first kappa shape index (κ1) is 13.0. The van der Waals surface area contributed by atoms with Crippen LogP contribution in [0.1, 0.15) is 19.3 Å². The highest BCUT2D eigenvalue weighted by Crippen LogP contribution is 2.05. The van der Waals surface area contributed by atoms with Gasteiger partial charge in [0.1, 0.15) is 0 Å². The van der Waals surface area contributed by atoms with Gasteiger partial charge in [0.2, 0.25) is 5.91 Å². The van der Waals surface area contributed by atoms with Gasteiger partial charge >= 0.3 is 0 Å². The Morgan fingerprint density at radius 2 is 1.94 bits per heavy atom. The Balaban J connectivity index is 2.20. The lowest BCUT2D eigenvalue weighted by Gasteiger charge is -2.33. The molecule has 1 aliphatic heterocycles. The molecule has 0 aromatic carbocycles. The lowest BCUT2D eigenvalue weighted by Crippen LogP contribution is -2.48. The molecule has 1 saturated heterocycles. The molecule has 0 aromatic rings. The first-order valence-electron chi connectivity index (χ1n) is 5.91. The number of piperazine rings is 1. The summed E-state index contributed by atoms with van der Waals surface area (Å²) in [5.74, 6) is 2.89. The molecular formula is C12H21N3O. The Bertz CT molecular complexity index is 251. The first-order chi connectivity index (χ1) is 7.77. The number of amides is 1. The van der Waals surface area contributed by atoms with Gasteiger partial charge in [-0.15, -0.1) is 6.42 Å². The quantitative estimate of drug-likeness (QED) is 0.523. The van der Waals surface area contributed by atoms with Crippen LogP contribution in [0.5, 0.6) is 0 Å². The largest absolute Gasteiger partial charge is 0.340 e. The normalized spacial score (nSPS) is 17.1. The summed E-state index contributed by atoms with van der Waals surface area (Å²) in [6.45, 7) is 4.77. The maximum absolute atomic E-state index is 11.8. The summed E-state index contributed by atoms with van der Waals surface area (Å²) in [5, 5.41) is 0. The molecule has 1 aliphatic rings. The van der Waals surface area contributed by atoms with Crippen LogP contribution in [0.15, 0.2) is 0 Å². The molecule has 16 heavy (non-hydrogen) atoms. The molecule has 0 atom stereocenters. The van der Waals surface area contributed by atoms with Crippen LogP contribution in [-0.2, 0) is 4.79 Å². The van der Waals surface area contributed by atoms with Gasteiger partial charge in [0, 0.05) is 32.6 Å². The molecule has 1 fully saturated rings. The average Bonchev–Trinajstić information content (AvgIpc) is 2.30. The number of hydrogen-bond donors (Lipinski definition) is 1. The summed E-state index contributed by atoms with van der Waals surface area (Å²) in [4.78, 5) is 15.9. The highest BCUT2D eigenvalue weighted by Gasteiger charge is 2.19. The summed E-state index contributed by atoms with van der Waals surface area (Å²) in [6, 6.07) is 0. The van der Waals surface area contributed by atoms with E-state index in [9.17, 15) is 4.79 Å². The van der Waals surface area contributed by atoms with Crippen LogP contribution >= 0.6 is 0 Å². The van der Waals surface area contributed by atoms with Gasteiger partial charge in [0.15, 0.2) is 0 Å². The van der Waals surface area contributed by atoms with E-state index in [1.54, 1.807) is 0 Å². The molecule has 0 aromatic heterocycles. The van der Waals surface area contributed by atoms with Crippen molar-refractivity contribution in [2.75, 3.05) is 39.3 Å². The van der Waals surface area contributed by atoms with Gasteiger partial charge in [-0.2, -0.15) is 0 Å². The minimum absolute atomic E-state index is 0.258. The van der Waals surface area contributed by atoms with Crippen molar-refractivity contribution in [1.82, 2.24) is 9.80 Å². The predicted molar refractivity (Wildman–Crippen MR) is 64.8 cm³/mol. The second kappa shape index (κ2) is 7.26. The maximum Gasteiger partial charge on any atom is 0.222 e. The van der Waals surface area contributed by atoms with Gasteiger partial charge < -0.3 is 10.6 Å². The van der Waals surface area contributed by atoms with Gasteiger partial charge in [0.25, 0.3) is 0 Å². The Morgan fingerprint density at radius 3 is 2.50 bits per heavy atom. The molecule has 0 unspecified atom stereocenters. The van der Waals surface area contributed by atoms with Crippen LogP contribution in [0, 0.1) is 12.3 Å². The number of hydrogen-bond acceptors (Lipinski definition) is 3. The molecule has 0 aliphatic carbocycles. The fourth-order valence-electron chi connectivity index (χ4n) is 1.86. The van der Waals surface area contributed by atoms with Gasteiger partial charge in [-0.25, -0.2) is 0 Å². The number of nitrogens with two attached hydrogens (primary N) is 1. The van der Waals surface area contributed by atoms with E-state index in [0.29, 0.717) is 19.5 Å². The molecule has 4 heteroatoms. The van der Waals surface area contributed by atoms with Crippen LogP contribution in [0.3, 0.4) is 0 Å². The number of carbonyl (C=O) groups excluding carboxylic acids is 1. The van der Waals surface area contributed by atoms with Crippen molar-refractivity contribution in [3.8, 4) is 12.3 Å². The van der Waals surface area contributed by atoms with Crippen molar-refractivity contribution in [2.24, 2.45) is 5.73 Å². The molecule has 0 radical (unpaired) electrons. The summed E-state index contributed by atoms with van der Waals surface area (Å²) in [5.41, 5.74) is 5.39. The third-order valence-corrected chi connectivity index (χ3v) is 2.88. The van der Waals surface area contributed by atoms with Crippen molar-refractivity contribution in [1.29, 1.82) is 0 Å². The Labute approximate surface area is 97.8 Å². The van der Waals surface area contributed by atoms with Crippen molar-refractivity contribution < 1.29 is 4.79 Å². The molecule has 1 rings (SSSR count). The Kier molecular flexibility index (Phi) is 5.91. The highest BCUT2D eigenvalue weighted by molar-refractivity contribution is 5.76. The van der Waals surface area contributed by atoms with Crippen molar-refractivity contribution in [3.05, 3.63) is 0 Å². The fraction of sp³-hybridized carbons (Fsp3) is 0.750. The molecule has 0 spiro atoms. The van der Waals surface area contributed by atoms with E-state index in [1.807, 2.05) is 4.90 Å². The van der Waals surface area contributed by atoms with E-state index in [-0.39, 0.29) is 5.91 Å². The lowest BCUT2D eigenvalue weighted by molar-refractivity contribution is -0.132. The van der Waals surface area contributed by atoms with Crippen LogP contribution in [0.4, 0.5) is 0 Å². The molecule has 0 saturated carbocycles. The van der Waals surface area contributed by atoms with Gasteiger partial charge in [0.05, 0.1) is 6.54 Å². The number of carbonyl (C=O) groups is 1. The maximum atomic E-state index is 11.8. The number of terminal acetylenes is 1.